The molecule has 106 valence electrons. The summed E-state index contributed by atoms with van der Waals surface area (Å²) in [7, 11) is 1.62. The van der Waals surface area contributed by atoms with E-state index in [9.17, 15) is 4.79 Å². The van der Waals surface area contributed by atoms with Gasteiger partial charge in [0, 0.05) is 12.6 Å². The molecule has 0 bridgehead atoms. The number of rotatable bonds is 6. The van der Waals surface area contributed by atoms with Gasteiger partial charge in [-0.05, 0) is 25.1 Å². The van der Waals surface area contributed by atoms with Gasteiger partial charge in [-0.25, -0.2) is 4.98 Å². The van der Waals surface area contributed by atoms with E-state index in [1.807, 2.05) is 29.2 Å². The number of ether oxygens (including phenoxy) is 1. The van der Waals surface area contributed by atoms with Crippen molar-refractivity contribution >= 4 is 11.5 Å². The van der Waals surface area contributed by atoms with Crippen LogP contribution in [0.2, 0.25) is 0 Å². The maximum absolute atomic E-state index is 11.5. The summed E-state index contributed by atoms with van der Waals surface area (Å²) in [6.07, 6.45) is 2.18. The lowest BCUT2D eigenvalue weighted by Gasteiger charge is -2.25. The molecule has 1 heterocycles. The van der Waals surface area contributed by atoms with Crippen molar-refractivity contribution in [2.24, 2.45) is 5.73 Å². The number of nitrogens with two attached hydrogens (primary N) is 1. The molecule has 0 unspecified atom stereocenters. The molecule has 6 heteroatoms. The normalized spacial score (nSPS) is 10.3. The quantitative estimate of drug-likeness (QED) is 0.828. The average molecular weight is 274 g/mol. The van der Waals surface area contributed by atoms with E-state index in [0.717, 1.165) is 17.9 Å². The number of para-hydroxylation sites is 2. The van der Waals surface area contributed by atoms with Gasteiger partial charge in [-0.1, -0.05) is 12.1 Å². The Morgan fingerprint density at radius 3 is 2.90 bits per heavy atom. The van der Waals surface area contributed by atoms with Crippen molar-refractivity contribution in [1.82, 2.24) is 9.97 Å². The first-order valence-electron chi connectivity index (χ1n) is 6.41. The smallest absolute Gasteiger partial charge is 0.252 e. The van der Waals surface area contributed by atoms with E-state index >= 15 is 0 Å². The molecular formula is C14H18N4O2. The number of hydrogen-bond acceptors (Lipinski definition) is 5. The molecule has 0 aliphatic carbocycles. The first-order chi connectivity index (χ1) is 9.76. The molecule has 1 aromatic heterocycles. The number of hydrogen-bond donors (Lipinski definition) is 2. The molecule has 0 aliphatic rings. The van der Waals surface area contributed by atoms with Crippen molar-refractivity contribution in [3.8, 4) is 5.75 Å². The Hall–Kier alpha value is -2.34. The molecule has 0 amide bonds. The zero-order valence-electron chi connectivity index (χ0n) is 11.4. The number of aromatic nitrogens is 2. The molecule has 20 heavy (non-hydrogen) atoms. The topological polar surface area (TPSA) is 84.2 Å². The van der Waals surface area contributed by atoms with Crippen LogP contribution in [0.4, 0.5) is 11.5 Å². The summed E-state index contributed by atoms with van der Waals surface area (Å²) in [6.45, 7) is 1.22. The van der Waals surface area contributed by atoms with Crippen molar-refractivity contribution in [3.63, 3.8) is 0 Å². The molecule has 0 radical (unpaired) electrons. The molecule has 2 rings (SSSR count). The molecule has 0 aliphatic heterocycles. The van der Waals surface area contributed by atoms with Gasteiger partial charge in [0.2, 0.25) is 0 Å². The fourth-order valence-corrected chi connectivity index (χ4v) is 1.97. The van der Waals surface area contributed by atoms with Crippen LogP contribution in [0.15, 0.2) is 41.5 Å². The highest BCUT2D eigenvalue weighted by Gasteiger charge is 2.14. The van der Waals surface area contributed by atoms with E-state index in [1.54, 1.807) is 7.11 Å². The summed E-state index contributed by atoms with van der Waals surface area (Å²) in [6, 6.07) is 9.08. The second-order valence-electron chi connectivity index (χ2n) is 4.24. The maximum Gasteiger partial charge on any atom is 0.252 e. The summed E-state index contributed by atoms with van der Waals surface area (Å²) < 4.78 is 5.37. The van der Waals surface area contributed by atoms with E-state index < -0.39 is 0 Å². The Labute approximate surface area is 117 Å². The summed E-state index contributed by atoms with van der Waals surface area (Å²) in [5, 5.41) is 0. The highest BCUT2D eigenvalue weighted by atomic mass is 16.5. The molecule has 2 aromatic rings. The van der Waals surface area contributed by atoms with E-state index in [2.05, 4.69) is 9.97 Å². The molecule has 0 saturated heterocycles. The van der Waals surface area contributed by atoms with Gasteiger partial charge in [0.1, 0.15) is 11.6 Å². The minimum Gasteiger partial charge on any atom is -0.495 e. The lowest BCUT2D eigenvalue weighted by atomic mass is 10.2. The Morgan fingerprint density at radius 2 is 2.20 bits per heavy atom. The zero-order chi connectivity index (χ0) is 14.4. The Bertz CT molecular complexity index is 612. The number of benzene rings is 1. The van der Waals surface area contributed by atoms with Gasteiger partial charge >= 0.3 is 0 Å². The average Bonchev–Trinajstić information content (AvgIpc) is 2.48. The molecular weight excluding hydrogens is 256 g/mol. The fourth-order valence-electron chi connectivity index (χ4n) is 1.97. The van der Waals surface area contributed by atoms with Gasteiger partial charge in [0.15, 0.2) is 0 Å². The Balaban J connectivity index is 2.44. The van der Waals surface area contributed by atoms with Crippen molar-refractivity contribution in [2.75, 3.05) is 25.1 Å². The van der Waals surface area contributed by atoms with Crippen molar-refractivity contribution in [1.29, 1.82) is 0 Å². The fraction of sp³-hybridized carbons (Fsp3) is 0.286. The monoisotopic (exact) mass is 274 g/mol. The van der Waals surface area contributed by atoms with Crippen LogP contribution in [0.1, 0.15) is 6.42 Å². The van der Waals surface area contributed by atoms with Gasteiger partial charge in [-0.2, -0.15) is 0 Å². The minimum absolute atomic E-state index is 0.192. The number of nitrogens with zero attached hydrogens (tertiary/aromatic N) is 2. The zero-order valence-corrected chi connectivity index (χ0v) is 11.4. The van der Waals surface area contributed by atoms with Crippen LogP contribution in [0.3, 0.4) is 0 Å². The highest BCUT2D eigenvalue weighted by molar-refractivity contribution is 5.66. The van der Waals surface area contributed by atoms with Crippen molar-refractivity contribution in [3.05, 3.63) is 47.0 Å². The predicted molar refractivity (Wildman–Crippen MR) is 78.5 cm³/mol. The molecule has 6 nitrogen and oxygen atoms in total. The maximum atomic E-state index is 11.5. The van der Waals surface area contributed by atoms with Crippen molar-refractivity contribution < 1.29 is 4.74 Å². The SMILES string of the molecule is COc1ccccc1N(CCCN)c1cc(=O)[nH]cn1. The lowest BCUT2D eigenvalue weighted by molar-refractivity contribution is 0.415. The number of aromatic amines is 1. The summed E-state index contributed by atoms with van der Waals surface area (Å²) in [5.74, 6) is 1.30. The van der Waals surface area contributed by atoms with Crippen molar-refractivity contribution in [2.45, 2.75) is 6.42 Å². The van der Waals surface area contributed by atoms with Crippen LogP contribution in [-0.2, 0) is 0 Å². The number of anilines is 2. The van der Waals surface area contributed by atoms with E-state index in [0.29, 0.717) is 18.9 Å². The van der Waals surface area contributed by atoms with Crippen LogP contribution < -0.4 is 20.9 Å². The predicted octanol–water partition coefficient (Wildman–Crippen LogP) is 1.27. The van der Waals surface area contributed by atoms with Crippen LogP contribution >= 0.6 is 0 Å². The third kappa shape index (κ3) is 3.16. The largest absolute Gasteiger partial charge is 0.495 e. The Morgan fingerprint density at radius 1 is 1.40 bits per heavy atom. The molecule has 0 spiro atoms. The van der Waals surface area contributed by atoms with E-state index in [4.69, 9.17) is 10.5 Å². The van der Waals surface area contributed by atoms with Crippen LogP contribution in [-0.4, -0.2) is 30.2 Å². The van der Waals surface area contributed by atoms with Crippen LogP contribution in [0.5, 0.6) is 5.75 Å². The highest BCUT2D eigenvalue weighted by Crippen LogP contribution is 2.31. The second-order valence-corrected chi connectivity index (χ2v) is 4.24. The summed E-state index contributed by atoms with van der Waals surface area (Å²) >= 11 is 0. The number of nitrogens with one attached hydrogen (secondary N) is 1. The first kappa shape index (κ1) is 14.1. The molecule has 0 atom stereocenters. The number of H-pyrrole nitrogens is 1. The molecule has 1 aromatic carbocycles. The van der Waals surface area contributed by atoms with Gasteiger partial charge < -0.3 is 20.4 Å². The molecule has 0 fully saturated rings. The molecule has 3 N–H and O–H groups in total. The lowest BCUT2D eigenvalue weighted by Crippen LogP contribution is -2.24. The molecule has 0 saturated carbocycles. The standard InChI is InChI=1S/C14H18N4O2/c1-20-12-6-3-2-5-11(12)18(8-4-7-15)13-9-14(19)17-10-16-13/h2-3,5-6,9-10H,4,7-8,15H2,1H3,(H,16,17,19). The minimum atomic E-state index is -0.192. The third-order valence-electron chi connectivity index (χ3n) is 2.90. The van der Waals surface area contributed by atoms with E-state index in [-0.39, 0.29) is 5.56 Å². The van der Waals surface area contributed by atoms with Crippen LogP contribution in [0.25, 0.3) is 0 Å². The van der Waals surface area contributed by atoms with Gasteiger partial charge in [-0.3, -0.25) is 4.79 Å². The van der Waals surface area contributed by atoms with Gasteiger partial charge in [0.05, 0.1) is 19.1 Å². The third-order valence-corrected chi connectivity index (χ3v) is 2.90. The number of methoxy groups -OCH3 is 1. The van der Waals surface area contributed by atoms with Gasteiger partial charge in [-0.15, -0.1) is 0 Å². The Kier molecular flexibility index (Phi) is 4.73. The summed E-state index contributed by atoms with van der Waals surface area (Å²) in [4.78, 5) is 20.1. The first-order valence-corrected chi connectivity index (χ1v) is 6.41. The second kappa shape index (κ2) is 6.72. The van der Waals surface area contributed by atoms with E-state index in [1.165, 1.54) is 12.4 Å². The summed E-state index contributed by atoms with van der Waals surface area (Å²) in [5.41, 5.74) is 6.26. The van der Waals surface area contributed by atoms with Crippen LogP contribution in [0, 0.1) is 0 Å². The van der Waals surface area contributed by atoms with Gasteiger partial charge in [0.25, 0.3) is 5.56 Å².